The van der Waals surface area contributed by atoms with Gasteiger partial charge in [0.25, 0.3) is 0 Å². The molecule has 51 valence electrons. The molecule has 2 aromatic rings. The first kappa shape index (κ1) is 5.99. The molecule has 0 spiro atoms. The number of H-pyrrole nitrogens is 1. The van der Waals surface area contributed by atoms with E-state index in [9.17, 15) is 0 Å². The van der Waals surface area contributed by atoms with Crippen LogP contribution in [0.3, 0.4) is 0 Å². The molecule has 11 heavy (non-hydrogen) atoms. The Morgan fingerprint density at radius 3 is 2.91 bits per heavy atom. The molecule has 0 bridgehead atoms. The summed E-state index contributed by atoms with van der Waals surface area (Å²) in [4.78, 5) is 2.93. The summed E-state index contributed by atoms with van der Waals surface area (Å²) in [5.41, 5.74) is 1.45. The highest BCUT2D eigenvalue weighted by Gasteiger charge is 1.96. The standard InChI is InChI=1S/C9H5N2/c10-6-8-5-7-3-1-2-4-9(7)11-8/h1-4,11H. The monoisotopic (exact) mass is 141 g/mol. The third kappa shape index (κ3) is 0.870. The van der Waals surface area contributed by atoms with E-state index in [4.69, 9.17) is 5.26 Å². The van der Waals surface area contributed by atoms with Crippen molar-refractivity contribution in [1.82, 2.24) is 4.98 Å². The fourth-order valence-corrected chi connectivity index (χ4v) is 1.06. The van der Waals surface area contributed by atoms with Crippen LogP contribution in [0.4, 0.5) is 0 Å². The van der Waals surface area contributed by atoms with Gasteiger partial charge in [-0.15, -0.1) is 0 Å². The molecule has 1 radical (unpaired) electrons. The quantitative estimate of drug-likeness (QED) is 0.597. The second kappa shape index (κ2) is 2.14. The second-order valence-electron chi connectivity index (χ2n) is 2.28. The molecule has 0 aliphatic carbocycles. The van der Waals surface area contributed by atoms with Gasteiger partial charge in [-0.1, -0.05) is 18.2 Å². The number of nitriles is 1. The Labute approximate surface area is 64.1 Å². The number of benzene rings is 1. The minimum Gasteiger partial charge on any atom is -0.346 e. The zero-order valence-corrected chi connectivity index (χ0v) is 5.76. The number of aromatic nitrogens is 1. The molecule has 1 aromatic carbocycles. The lowest BCUT2D eigenvalue weighted by Gasteiger charge is -1.82. The molecule has 2 nitrogen and oxygen atoms in total. The number of nitrogens with zero attached hydrogens (tertiary/aromatic N) is 1. The van der Waals surface area contributed by atoms with E-state index < -0.39 is 0 Å². The van der Waals surface area contributed by atoms with E-state index in [1.807, 2.05) is 30.3 Å². The number of fused-ring (bicyclic) bond motifs is 1. The second-order valence-corrected chi connectivity index (χ2v) is 2.28. The van der Waals surface area contributed by atoms with Crippen LogP contribution < -0.4 is 0 Å². The van der Waals surface area contributed by atoms with Gasteiger partial charge in [-0.25, -0.2) is 0 Å². The van der Waals surface area contributed by atoms with Crippen LogP contribution in [-0.2, 0) is 0 Å². The molecule has 0 fully saturated rings. The lowest BCUT2D eigenvalue weighted by molar-refractivity contribution is 1.37. The van der Waals surface area contributed by atoms with Gasteiger partial charge in [-0.3, -0.25) is 0 Å². The maximum Gasteiger partial charge on any atom is 0.126 e. The zero-order valence-electron chi connectivity index (χ0n) is 5.76. The molecule has 0 atom stereocenters. The molecule has 0 saturated heterocycles. The predicted octanol–water partition coefficient (Wildman–Crippen LogP) is 1.84. The number of hydrogen-bond donors (Lipinski definition) is 1. The van der Waals surface area contributed by atoms with Crippen molar-refractivity contribution in [2.75, 3.05) is 0 Å². The number of nitrogens with one attached hydrogen (secondary N) is 1. The molecule has 1 heterocycles. The summed E-state index contributed by atoms with van der Waals surface area (Å²) in [5, 5.41) is 9.49. The summed E-state index contributed by atoms with van der Waals surface area (Å²) in [6.45, 7) is 0. The van der Waals surface area contributed by atoms with Crippen molar-refractivity contribution in [3.05, 3.63) is 36.0 Å². The minimum absolute atomic E-state index is 0.492. The van der Waals surface area contributed by atoms with Gasteiger partial charge in [0, 0.05) is 17.0 Å². The first-order valence-corrected chi connectivity index (χ1v) is 3.30. The van der Waals surface area contributed by atoms with Crippen molar-refractivity contribution in [2.45, 2.75) is 0 Å². The van der Waals surface area contributed by atoms with E-state index in [0.717, 1.165) is 10.9 Å². The Morgan fingerprint density at radius 2 is 2.18 bits per heavy atom. The largest absolute Gasteiger partial charge is 0.346 e. The van der Waals surface area contributed by atoms with E-state index in [0.29, 0.717) is 5.69 Å². The van der Waals surface area contributed by atoms with Gasteiger partial charge in [0.2, 0.25) is 0 Å². The van der Waals surface area contributed by atoms with Crippen LogP contribution in [0.5, 0.6) is 0 Å². The molecule has 1 N–H and O–H groups in total. The Bertz CT molecular complexity index is 387. The summed E-state index contributed by atoms with van der Waals surface area (Å²) in [7, 11) is 0. The Balaban J connectivity index is 2.81. The Kier molecular flexibility index (Phi) is 1.16. The van der Waals surface area contributed by atoms with Crippen molar-refractivity contribution >= 4 is 10.9 Å². The molecule has 2 rings (SSSR count). The molecule has 0 aliphatic heterocycles. The topological polar surface area (TPSA) is 39.6 Å². The average Bonchev–Trinajstić information content (AvgIpc) is 2.46. The zero-order chi connectivity index (χ0) is 7.68. The van der Waals surface area contributed by atoms with Crippen molar-refractivity contribution < 1.29 is 0 Å². The van der Waals surface area contributed by atoms with Crippen molar-refractivity contribution in [2.24, 2.45) is 0 Å². The minimum atomic E-state index is 0.492. The highest BCUT2D eigenvalue weighted by atomic mass is 14.7. The molecule has 0 aliphatic rings. The highest BCUT2D eigenvalue weighted by Crippen LogP contribution is 2.12. The maximum atomic E-state index is 8.53. The SMILES string of the molecule is N#Cc1[c]c2ccccc2[nH]1. The van der Waals surface area contributed by atoms with Crippen molar-refractivity contribution in [1.29, 1.82) is 5.26 Å². The van der Waals surface area contributed by atoms with Gasteiger partial charge < -0.3 is 4.98 Å². The number of rotatable bonds is 0. The maximum absolute atomic E-state index is 8.53. The Hall–Kier alpha value is -1.75. The van der Waals surface area contributed by atoms with Gasteiger partial charge in [-0.2, -0.15) is 5.26 Å². The van der Waals surface area contributed by atoms with Gasteiger partial charge >= 0.3 is 0 Å². The fourth-order valence-electron chi connectivity index (χ4n) is 1.06. The van der Waals surface area contributed by atoms with Crippen LogP contribution in [-0.4, -0.2) is 4.98 Å². The van der Waals surface area contributed by atoms with E-state index in [1.165, 1.54) is 0 Å². The molecule has 0 saturated carbocycles. The lowest BCUT2D eigenvalue weighted by Crippen LogP contribution is -1.67. The van der Waals surface area contributed by atoms with E-state index >= 15 is 0 Å². The first-order valence-electron chi connectivity index (χ1n) is 3.30. The van der Waals surface area contributed by atoms with Gasteiger partial charge in [0.15, 0.2) is 0 Å². The third-order valence-corrected chi connectivity index (χ3v) is 1.56. The van der Waals surface area contributed by atoms with Crippen LogP contribution >= 0.6 is 0 Å². The number of hydrogen-bond acceptors (Lipinski definition) is 1. The summed E-state index contributed by atoms with van der Waals surface area (Å²) in [6.07, 6.45) is 0. The molecule has 0 unspecified atom stereocenters. The molecule has 0 amide bonds. The van der Waals surface area contributed by atoms with Crippen LogP contribution in [0.1, 0.15) is 5.69 Å². The van der Waals surface area contributed by atoms with E-state index in [1.54, 1.807) is 0 Å². The van der Waals surface area contributed by atoms with E-state index in [2.05, 4.69) is 11.1 Å². The molecular weight excluding hydrogens is 136 g/mol. The van der Waals surface area contributed by atoms with Gasteiger partial charge in [0.1, 0.15) is 11.8 Å². The third-order valence-electron chi connectivity index (χ3n) is 1.56. The van der Waals surface area contributed by atoms with Crippen molar-refractivity contribution in [3.63, 3.8) is 0 Å². The number of aromatic amines is 1. The van der Waals surface area contributed by atoms with Crippen LogP contribution in [0.25, 0.3) is 10.9 Å². The molecular formula is C9H5N2. The summed E-state index contributed by atoms with van der Waals surface area (Å²) >= 11 is 0. The smallest absolute Gasteiger partial charge is 0.126 e. The Morgan fingerprint density at radius 1 is 1.36 bits per heavy atom. The summed E-state index contributed by atoms with van der Waals surface area (Å²) < 4.78 is 0. The molecule has 2 heteroatoms. The van der Waals surface area contributed by atoms with Gasteiger partial charge in [0.05, 0.1) is 0 Å². The lowest BCUT2D eigenvalue weighted by atomic mass is 10.2. The van der Waals surface area contributed by atoms with Crippen LogP contribution in [0.15, 0.2) is 24.3 Å². The van der Waals surface area contributed by atoms with Crippen LogP contribution in [0.2, 0.25) is 0 Å². The van der Waals surface area contributed by atoms with Crippen LogP contribution in [0, 0.1) is 17.4 Å². The first-order chi connectivity index (χ1) is 5.40. The summed E-state index contributed by atoms with van der Waals surface area (Å²) in [5.74, 6) is 0. The fraction of sp³-hybridized carbons (Fsp3) is 0. The molecule has 1 aromatic heterocycles. The van der Waals surface area contributed by atoms with Gasteiger partial charge in [-0.05, 0) is 6.07 Å². The number of para-hydroxylation sites is 1. The van der Waals surface area contributed by atoms with Crippen molar-refractivity contribution in [3.8, 4) is 6.07 Å². The summed E-state index contributed by atoms with van der Waals surface area (Å²) in [6, 6.07) is 12.6. The van der Waals surface area contributed by atoms with E-state index in [-0.39, 0.29) is 0 Å². The normalized spacial score (nSPS) is 9.73. The predicted molar refractivity (Wildman–Crippen MR) is 41.8 cm³/mol. The average molecular weight is 141 g/mol. The highest BCUT2D eigenvalue weighted by molar-refractivity contribution is 5.80.